The van der Waals surface area contributed by atoms with Gasteiger partial charge in [0, 0.05) is 11.1 Å². The van der Waals surface area contributed by atoms with Crippen LogP contribution >= 0.6 is 0 Å². The van der Waals surface area contributed by atoms with E-state index in [1.54, 1.807) is 0 Å². The second kappa shape index (κ2) is 17.5. The van der Waals surface area contributed by atoms with Gasteiger partial charge in [-0.3, -0.25) is 0 Å². The third-order valence-corrected chi connectivity index (χ3v) is 6.02. The standard InChI is InChI=1S/C18H22N.C10H10.C8H8.ClH/c1-4-18(17-13-9-6-10-14-17)19(2,3)15-16-11-7-5-8-12-16;1-3-9-7-5-6-8-10(9)4-2;1-2-8-6-4-3-5-7-8;/h4-14,18H,1,15H2,2-3H3;3-8H,1-2H2;2-7H,1H2;1H/q+1;;;/p-1. The van der Waals surface area contributed by atoms with Gasteiger partial charge in [-0.1, -0.05) is 160 Å². The highest BCUT2D eigenvalue weighted by molar-refractivity contribution is 5.63. The van der Waals surface area contributed by atoms with Crippen LogP contribution in [0.25, 0.3) is 18.2 Å². The molecule has 0 aliphatic heterocycles. The molecule has 0 heterocycles. The van der Waals surface area contributed by atoms with Crippen LogP contribution in [0.15, 0.2) is 148 Å². The molecule has 4 rings (SSSR count). The van der Waals surface area contributed by atoms with Crippen molar-refractivity contribution in [3.63, 3.8) is 0 Å². The van der Waals surface area contributed by atoms with E-state index in [0.29, 0.717) is 6.04 Å². The molecule has 4 aromatic rings. The lowest BCUT2D eigenvalue weighted by Gasteiger charge is -2.37. The van der Waals surface area contributed by atoms with E-state index in [4.69, 9.17) is 0 Å². The van der Waals surface area contributed by atoms with Crippen molar-refractivity contribution in [1.82, 2.24) is 0 Å². The first kappa shape index (κ1) is 32.1. The summed E-state index contributed by atoms with van der Waals surface area (Å²) in [6.07, 6.45) is 7.55. The Bertz CT molecular complexity index is 1200. The van der Waals surface area contributed by atoms with Crippen molar-refractivity contribution in [3.8, 4) is 0 Å². The third-order valence-electron chi connectivity index (χ3n) is 6.02. The summed E-state index contributed by atoms with van der Waals surface area (Å²) >= 11 is 0. The van der Waals surface area contributed by atoms with Crippen LogP contribution < -0.4 is 12.4 Å². The van der Waals surface area contributed by atoms with Gasteiger partial charge in [0.25, 0.3) is 0 Å². The molecule has 0 amide bonds. The van der Waals surface area contributed by atoms with Crippen molar-refractivity contribution >= 4 is 18.2 Å². The molecule has 0 radical (unpaired) electrons. The topological polar surface area (TPSA) is 0 Å². The van der Waals surface area contributed by atoms with Crippen LogP contribution in [0.2, 0.25) is 0 Å². The highest BCUT2D eigenvalue weighted by atomic mass is 35.5. The molecule has 1 atom stereocenters. The molecule has 0 aliphatic rings. The lowest BCUT2D eigenvalue weighted by molar-refractivity contribution is -0.927. The lowest BCUT2D eigenvalue weighted by atomic mass is 10.0. The zero-order chi connectivity index (χ0) is 26.9. The van der Waals surface area contributed by atoms with Gasteiger partial charge in [0.2, 0.25) is 0 Å². The second-order valence-electron chi connectivity index (χ2n) is 9.17. The van der Waals surface area contributed by atoms with Crippen molar-refractivity contribution in [2.24, 2.45) is 0 Å². The summed E-state index contributed by atoms with van der Waals surface area (Å²) in [6.45, 7) is 16.0. The van der Waals surface area contributed by atoms with Gasteiger partial charge in [-0.05, 0) is 22.8 Å². The third kappa shape index (κ3) is 10.6. The molecule has 38 heavy (non-hydrogen) atoms. The molecule has 0 aromatic heterocycles. The number of halogens is 1. The maximum Gasteiger partial charge on any atom is 0.133 e. The van der Waals surface area contributed by atoms with Crippen LogP contribution in [0.4, 0.5) is 0 Å². The fourth-order valence-electron chi connectivity index (χ4n) is 4.10. The Kier molecular flexibility index (Phi) is 14.8. The van der Waals surface area contributed by atoms with Gasteiger partial charge < -0.3 is 16.9 Å². The quantitative estimate of drug-likeness (QED) is 0.183. The first-order valence-electron chi connectivity index (χ1n) is 12.5. The van der Waals surface area contributed by atoms with Crippen LogP contribution in [0.5, 0.6) is 0 Å². The molecule has 0 aliphatic carbocycles. The molecule has 0 bridgehead atoms. The van der Waals surface area contributed by atoms with Crippen LogP contribution in [-0.4, -0.2) is 18.6 Å². The Morgan fingerprint density at radius 3 is 1.39 bits per heavy atom. The minimum absolute atomic E-state index is 0. The monoisotopic (exact) mass is 521 g/mol. The van der Waals surface area contributed by atoms with Crippen molar-refractivity contribution < 1.29 is 16.9 Å². The Hall–Kier alpha value is -3.91. The molecule has 0 N–H and O–H groups in total. The van der Waals surface area contributed by atoms with E-state index in [9.17, 15) is 0 Å². The number of nitrogens with zero attached hydrogens (tertiary/aromatic N) is 1. The summed E-state index contributed by atoms with van der Waals surface area (Å²) in [6, 6.07) is 39.6. The smallest absolute Gasteiger partial charge is 0.133 e. The van der Waals surface area contributed by atoms with Gasteiger partial charge in [0.05, 0.1) is 14.1 Å². The van der Waals surface area contributed by atoms with Crippen molar-refractivity contribution in [3.05, 3.63) is 175 Å². The number of rotatable bonds is 8. The number of hydrogen-bond donors (Lipinski definition) is 0. The summed E-state index contributed by atoms with van der Waals surface area (Å²) in [5, 5.41) is 0. The largest absolute Gasteiger partial charge is 1.00 e. The molecule has 0 saturated carbocycles. The molecular weight excluding hydrogens is 482 g/mol. The molecule has 1 nitrogen and oxygen atoms in total. The van der Waals surface area contributed by atoms with E-state index < -0.39 is 0 Å². The Labute approximate surface area is 236 Å². The zero-order valence-corrected chi connectivity index (χ0v) is 23.5. The summed E-state index contributed by atoms with van der Waals surface area (Å²) in [5.74, 6) is 0. The molecule has 1 unspecified atom stereocenters. The minimum Gasteiger partial charge on any atom is -1.00 e. The Morgan fingerprint density at radius 1 is 0.579 bits per heavy atom. The van der Waals surface area contributed by atoms with E-state index in [0.717, 1.165) is 22.2 Å². The average molecular weight is 522 g/mol. The second-order valence-corrected chi connectivity index (χ2v) is 9.17. The molecule has 0 spiro atoms. The van der Waals surface area contributed by atoms with Crippen LogP contribution in [0, 0.1) is 0 Å². The number of likely N-dealkylation sites (N-methyl/N-ethyl adjacent to an activating group) is 1. The number of quaternary nitrogens is 1. The van der Waals surface area contributed by atoms with Gasteiger partial charge in [-0.25, -0.2) is 0 Å². The molecule has 0 fully saturated rings. The van der Waals surface area contributed by atoms with E-state index in [1.165, 1.54) is 16.7 Å². The molecule has 0 saturated heterocycles. The van der Waals surface area contributed by atoms with Gasteiger partial charge >= 0.3 is 0 Å². The summed E-state index contributed by atoms with van der Waals surface area (Å²) < 4.78 is 0.873. The molecular formula is C36H40ClN. The highest BCUT2D eigenvalue weighted by Crippen LogP contribution is 2.28. The lowest BCUT2D eigenvalue weighted by Crippen LogP contribution is -3.00. The van der Waals surface area contributed by atoms with E-state index in [1.807, 2.05) is 72.8 Å². The van der Waals surface area contributed by atoms with E-state index >= 15 is 0 Å². The minimum atomic E-state index is 0. The Balaban J connectivity index is 0.000000319. The SMILES string of the molecule is C=CC(c1ccccc1)[N+](C)(C)Cc1ccccc1.C=Cc1ccccc1.C=Cc1ccccc1C=C.[Cl-]. The van der Waals surface area contributed by atoms with E-state index in [-0.39, 0.29) is 12.4 Å². The highest BCUT2D eigenvalue weighted by Gasteiger charge is 2.27. The van der Waals surface area contributed by atoms with Gasteiger partial charge in [0.1, 0.15) is 12.6 Å². The van der Waals surface area contributed by atoms with Gasteiger partial charge in [0.15, 0.2) is 0 Å². The summed E-state index contributed by atoms with van der Waals surface area (Å²) in [4.78, 5) is 0. The van der Waals surface area contributed by atoms with E-state index in [2.05, 4.69) is 107 Å². The predicted molar refractivity (Wildman–Crippen MR) is 165 cm³/mol. The zero-order valence-electron chi connectivity index (χ0n) is 22.7. The normalized spacial score (nSPS) is 10.6. The maximum absolute atomic E-state index is 4.03. The van der Waals surface area contributed by atoms with Gasteiger partial charge in [-0.15, -0.1) is 0 Å². The van der Waals surface area contributed by atoms with Crippen molar-refractivity contribution in [2.45, 2.75) is 12.6 Å². The van der Waals surface area contributed by atoms with Gasteiger partial charge in [-0.2, -0.15) is 0 Å². The summed E-state index contributed by atoms with van der Waals surface area (Å²) in [5.41, 5.74) is 6.12. The van der Waals surface area contributed by atoms with Crippen molar-refractivity contribution in [2.75, 3.05) is 14.1 Å². The first-order chi connectivity index (χ1) is 17.9. The average Bonchev–Trinajstić information content (AvgIpc) is 2.95. The number of benzene rings is 4. The Morgan fingerprint density at radius 2 is 1.00 bits per heavy atom. The molecule has 4 aromatic carbocycles. The maximum atomic E-state index is 4.03. The number of hydrogen-bond acceptors (Lipinski definition) is 0. The van der Waals surface area contributed by atoms with Crippen LogP contribution in [0.3, 0.4) is 0 Å². The first-order valence-corrected chi connectivity index (χ1v) is 12.5. The molecule has 2 heteroatoms. The van der Waals surface area contributed by atoms with Crippen molar-refractivity contribution in [1.29, 1.82) is 0 Å². The fourth-order valence-corrected chi connectivity index (χ4v) is 4.10. The van der Waals surface area contributed by atoms with Crippen LogP contribution in [0.1, 0.15) is 33.9 Å². The molecule has 196 valence electrons. The predicted octanol–water partition coefficient (Wildman–Crippen LogP) is 6.50. The fraction of sp³-hybridized carbons (Fsp3) is 0.111. The summed E-state index contributed by atoms with van der Waals surface area (Å²) in [7, 11) is 4.51. The van der Waals surface area contributed by atoms with Crippen LogP contribution in [-0.2, 0) is 6.54 Å².